The van der Waals surface area contributed by atoms with Crippen LogP contribution in [0, 0.1) is 0 Å². The summed E-state index contributed by atoms with van der Waals surface area (Å²) < 4.78 is 0. The molecule has 0 saturated heterocycles. The monoisotopic (exact) mass is 260 g/mol. The zero-order valence-electron chi connectivity index (χ0n) is 10.6. The lowest BCUT2D eigenvalue weighted by Crippen LogP contribution is -2.24. The van der Waals surface area contributed by atoms with Crippen LogP contribution in [0.15, 0.2) is 49.6 Å². The number of benzene rings is 1. The summed E-state index contributed by atoms with van der Waals surface area (Å²) in [6, 6.07) is 8.25. The normalized spacial score (nSPS) is 10.3. The summed E-state index contributed by atoms with van der Waals surface area (Å²) in [7, 11) is 0. The zero-order chi connectivity index (χ0) is 13.4. The van der Waals surface area contributed by atoms with Gasteiger partial charge in [0.1, 0.15) is 0 Å². The van der Waals surface area contributed by atoms with E-state index in [-0.39, 0.29) is 0 Å². The lowest BCUT2D eigenvalue weighted by Gasteiger charge is -2.20. The molecule has 0 unspecified atom stereocenters. The van der Waals surface area contributed by atoms with Crippen LogP contribution in [-0.2, 0) is 13.0 Å². The van der Waals surface area contributed by atoms with E-state index in [1.807, 2.05) is 24.3 Å². The van der Waals surface area contributed by atoms with Crippen molar-refractivity contribution in [3.05, 3.63) is 60.7 Å². The quantitative estimate of drug-likeness (QED) is 0.575. The van der Waals surface area contributed by atoms with Crippen LogP contribution in [0.5, 0.6) is 0 Å². The summed E-state index contributed by atoms with van der Waals surface area (Å²) in [6.45, 7) is 10.1. The van der Waals surface area contributed by atoms with Gasteiger partial charge in [0.2, 0.25) is 0 Å². The molecule has 18 heavy (non-hydrogen) atoms. The van der Waals surface area contributed by atoms with Gasteiger partial charge in [0.05, 0.1) is 4.99 Å². The molecular formula is C15H20N2S. The highest BCUT2D eigenvalue weighted by atomic mass is 32.1. The fourth-order valence-electron chi connectivity index (χ4n) is 1.88. The van der Waals surface area contributed by atoms with Gasteiger partial charge in [-0.3, -0.25) is 4.90 Å². The molecule has 2 nitrogen and oxygen atoms in total. The Balaban J connectivity index is 2.83. The number of nitrogens with two attached hydrogens (primary N) is 1. The second kappa shape index (κ2) is 7.80. The van der Waals surface area contributed by atoms with E-state index >= 15 is 0 Å². The van der Waals surface area contributed by atoms with E-state index < -0.39 is 0 Å². The molecule has 1 aromatic carbocycles. The molecule has 3 heteroatoms. The van der Waals surface area contributed by atoms with Gasteiger partial charge in [-0.15, -0.1) is 13.2 Å². The van der Waals surface area contributed by atoms with E-state index in [2.05, 4.69) is 30.2 Å². The first-order valence-electron chi connectivity index (χ1n) is 5.96. The van der Waals surface area contributed by atoms with Gasteiger partial charge in [0.25, 0.3) is 0 Å². The van der Waals surface area contributed by atoms with Crippen molar-refractivity contribution in [2.75, 3.05) is 13.1 Å². The number of hydrogen-bond donors (Lipinski definition) is 1. The van der Waals surface area contributed by atoms with E-state index in [9.17, 15) is 0 Å². The molecule has 0 aromatic heterocycles. The predicted molar refractivity (Wildman–Crippen MR) is 82.6 cm³/mol. The Morgan fingerprint density at radius 1 is 1.17 bits per heavy atom. The maximum absolute atomic E-state index is 5.63. The van der Waals surface area contributed by atoms with Gasteiger partial charge in [-0.05, 0) is 11.1 Å². The summed E-state index contributed by atoms with van der Waals surface area (Å²) >= 11 is 4.99. The third-order valence-corrected chi connectivity index (χ3v) is 2.80. The fourth-order valence-corrected chi connectivity index (χ4v) is 2.04. The number of rotatable bonds is 8. The van der Waals surface area contributed by atoms with Crippen LogP contribution in [0.2, 0.25) is 0 Å². The van der Waals surface area contributed by atoms with E-state index in [0.717, 1.165) is 19.6 Å². The van der Waals surface area contributed by atoms with E-state index in [1.54, 1.807) is 0 Å². The first-order valence-corrected chi connectivity index (χ1v) is 6.37. The van der Waals surface area contributed by atoms with Gasteiger partial charge < -0.3 is 5.73 Å². The Morgan fingerprint density at radius 2 is 1.72 bits per heavy atom. The fraction of sp³-hybridized carbons (Fsp3) is 0.267. The van der Waals surface area contributed by atoms with Crippen LogP contribution in [0.25, 0.3) is 0 Å². The molecule has 0 saturated carbocycles. The molecule has 0 spiro atoms. The van der Waals surface area contributed by atoms with E-state index in [1.165, 1.54) is 11.1 Å². The minimum Gasteiger partial charge on any atom is -0.393 e. The minimum atomic E-state index is 0.529. The average Bonchev–Trinajstić information content (AvgIpc) is 2.31. The van der Waals surface area contributed by atoms with Crippen molar-refractivity contribution < 1.29 is 0 Å². The summed E-state index contributed by atoms with van der Waals surface area (Å²) in [4.78, 5) is 2.79. The molecule has 0 heterocycles. The van der Waals surface area contributed by atoms with Crippen molar-refractivity contribution in [3.63, 3.8) is 0 Å². The van der Waals surface area contributed by atoms with Crippen molar-refractivity contribution >= 4 is 17.2 Å². The van der Waals surface area contributed by atoms with Crippen LogP contribution >= 0.6 is 12.2 Å². The topological polar surface area (TPSA) is 29.3 Å². The van der Waals surface area contributed by atoms with E-state index in [0.29, 0.717) is 11.4 Å². The molecule has 1 rings (SSSR count). The third kappa shape index (κ3) is 4.82. The van der Waals surface area contributed by atoms with Crippen molar-refractivity contribution in [2.45, 2.75) is 13.0 Å². The number of hydrogen-bond acceptors (Lipinski definition) is 2. The van der Waals surface area contributed by atoms with Crippen molar-refractivity contribution in [2.24, 2.45) is 5.73 Å². The second-order valence-corrected chi connectivity index (χ2v) is 4.71. The first kappa shape index (κ1) is 14.6. The van der Waals surface area contributed by atoms with Crippen LogP contribution in [0.1, 0.15) is 11.1 Å². The highest BCUT2D eigenvalue weighted by Gasteiger charge is 2.07. The van der Waals surface area contributed by atoms with Gasteiger partial charge in [0.15, 0.2) is 0 Å². The van der Waals surface area contributed by atoms with Crippen molar-refractivity contribution in [1.29, 1.82) is 0 Å². The molecule has 0 atom stereocenters. The SMILES string of the molecule is C=CCN(CC=C)Cc1ccccc1CC(N)=S. The highest BCUT2D eigenvalue weighted by Crippen LogP contribution is 2.12. The molecule has 0 aliphatic heterocycles. The average molecular weight is 260 g/mol. The Morgan fingerprint density at radius 3 is 2.22 bits per heavy atom. The van der Waals surface area contributed by atoms with Crippen molar-refractivity contribution in [3.8, 4) is 0 Å². The number of nitrogens with zero attached hydrogens (tertiary/aromatic N) is 1. The van der Waals surface area contributed by atoms with Gasteiger partial charge in [-0.25, -0.2) is 0 Å². The molecule has 0 aliphatic carbocycles. The molecule has 96 valence electrons. The largest absolute Gasteiger partial charge is 0.393 e. The lowest BCUT2D eigenvalue weighted by molar-refractivity contribution is 0.327. The Labute approximate surface area is 115 Å². The molecule has 0 radical (unpaired) electrons. The van der Waals surface area contributed by atoms with Crippen LogP contribution in [0.3, 0.4) is 0 Å². The molecule has 0 bridgehead atoms. The summed E-state index contributed by atoms with van der Waals surface area (Å²) in [5.74, 6) is 0. The first-order chi connectivity index (χ1) is 8.67. The lowest BCUT2D eigenvalue weighted by atomic mass is 10.0. The molecule has 0 amide bonds. The molecule has 0 fully saturated rings. The Kier molecular flexibility index (Phi) is 6.33. The van der Waals surface area contributed by atoms with Crippen LogP contribution < -0.4 is 5.73 Å². The highest BCUT2D eigenvalue weighted by molar-refractivity contribution is 7.80. The zero-order valence-corrected chi connectivity index (χ0v) is 11.5. The van der Waals surface area contributed by atoms with Crippen LogP contribution in [0.4, 0.5) is 0 Å². The van der Waals surface area contributed by atoms with Crippen molar-refractivity contribution in [1.82, 2.24) is 4.90 Å². The standard InChI is InChI=1S/C15H20N2S/c1-3-9-17(10-4-2)12-14-8-6-5-7-13(14)11-15(16)18/h3-8H,1-2,9-12H2,(H2,16,18). The Bertz CT molecular complexity index is 416. The Hall–Kier alpha value is -1.45. The van der Waals surface area contributed by atoms with Gasteiger partial charge in [-0.2, -0.15) is 0 Å². The second-order valence-electron chi connectivity index (χ2n) is 4.18. The number of thiocarbonyl (C=S) groups is 1. The smallest absolute Gasteiger partial charge is 0.0771 e. The maximum atomic E-state index is 5.63. The minimum absolute atomic E-state index is 0.529. The maximum Gasteiger partial charge on any atom is 0.0771 e. The third-order valence-electron chi connectivity index (χ3n) is 2.65. The summed E-state index contributed by atoms with van der Waals surface area (Å²) in [5, 5.41) is 0. The van der Waals surface area contributed by atoms with Gasteiger partial charge in [0, 0.05) is 26.1 Å². The summed E-state index contributed by atoms with van der Waals surface area (Å²) in [5.41, 5.74) is 8.08. The summed E-state index contributed by atoms with van der Waals surface area (Å²) in [6.07, 6.45) is 4.46. The van der Waals surface area contributed by atoms with Gasteiger partial charge >= 0.3 is 0 Å². The molecule has 1 aromatic rings. The predicted octanol–water partition coefficient (Wildman–Crippen LogP) is 2.69. The molecule has 0 aliphatic rings. The molecule has 2 N–H and O–H groups in total. The van der Waals surface area contributed by atoms with Gasteiger partial charge in [-0.1, -0.05) is 48.6 Å². The van der Waals surface area contributed by atoms with E-state index in [4.69, 9.17) is 18.0 Å². The molecular weight excluding hydrogens is 240 g/mol. The van der Waals surface area contributed by atoms with Crippen LogP contribution in [-0.4, -0.2) is 23.0 Å².